The Bertz CT molecular complexity index is 477. The van der Waals surface area contributed by atoms with Gasteiger partial charge in [0.25, 0.3) is 5.91 Å². The van der Waals surface area contributed by atoms with E-state index >= 15 is 0 Å². The van der Waals surface area contributed by atoms with Gasteiger partial charge in [-0.3, -0.25) is 4.79 Å². The summed E-state index contributed by atoms with van der Waals surface area (Å²) in [6.45, 7) is 0.909. The molecule has 1 fully saturated rings. The van der Waals surface area contributed by atoms with Crippen molar-refractivity contribution < 1.29 is 4.79 Å². The smallest absolute Gasteiger partial charge is 0.281 e. The first-order valence-corrected chi connectivity index (χ1v) is 7.46. The van der Waals surface area contributed by atoms with Gasteiger partial charge in [-0.2, -0.15) is 4.99 Å². The predicted molar refractivity (Wildman–Crippen MR) is 83.6 cm³/mol. The number of nitrogens with one attached hydrogen (secondary N) is 1. The summed E-state index contributed by atoms with van der Waals surface area (Å²) < 4.78 is 0. The van der Waals surface area contributed by atoms with Gasteiger partial charge in [0.2, 0.25) is 5.95 Å². The fraction of sp³-hybridized carbons (Fsp3) is 0.600. The molecule has 0 spiro atoms. The average Bonchev–Trinajstić information content (AvgIpc) is 2.52. The van der Waals surface area contributed by atoms with Gasteiger partial charge in [0.1, 0.15) is 0 Å². The van der Waals surface area contributed by atoms with Crippen LogP contribution in [0.25, 0.3) is 0 Å². The molecule has 1 aliphatic carbocycles. The molecule has 0 aromatic carbocycles. The maximum Gasteiger partial charge on any atom is 0.281 e. The van der Waals surface area contributed by atoms with E-state index in [1.165, 1.54) is 50.8 Å². The van der Waals surface area contributed by atoms with E-state index in [0.717, 1.165) is 6.54 Å². The summed E-state index contributed by atoms with van der Waals surface area (Å²) in [4.78, 5) is 25.6. The lowest BCUT2D eigenvalue weighted by Gasteiger charge is -2.21. The lowest BCUT2D eigenvalue weighted by molar-refractivity contribution is 0.100. The van der Waals surface area contributed by atoms with E-state index in [1.807, 2.05) is 14.1 Å². The molecule has 6 nitrogen and oxygen atoms in total. The summed E-state index contributed by atoms with van der Waals surface area (Å²) in [6.07, 6.45) is 11.1. The molecule has 0 bridgehead atoms. The lowest BCUT2D eigenvalue weighted by atomic mass is 9.89. The molecule has 2 rings (SSSR count). The second-order valence-corrected chi connectivity index (χ2v) is 5.69. The first kappa shape index (κ1) is 15.4. The van der Waals surface area contributed by atoms with Crippen molar-refractivity contribution in [2.24, 2.45) is 10.9 Å². The molecule has 114 valence electrons. The normalized spacial score (nSPS) is 16.1. The number of amides is 1. The quantitative estimate of drug-likeness (QED) is 0.664. The Morgan fingerprint density at radius 2 is 2.00 bits per heavy atom. The summed E-state index contributed by atoms with van der Waals surface area (Å²) in [5.41, 5.74) is 0.399. The molecule has 1 heterocycles. The van der Waals surface area contributed by atoms with Crippen molar-refractivity contribution in [3.63, 3.8) is 0 Å². The topological polar surface area (TPSA) is 70.5 Å². The number of rotatable bonds is 5. The Hall–Kier alpha value is -1.98. The molecular formula is C15H23N5O. The predicted octanol–water partition coefficient (Wildman–Crippen LogP) is 2.20. The highest BCUT2D eigenvalue weighted by Crippen LogP contribution is 2.23. The van der Waals surface area contributed by atoms with Crippen LogP contribution in [0.2, 0.25) is 0 Å². The average molecular weight is 289 g/mol. The molecule has 1 saturated carbocycles. The maximum absolute atomic E-state index is 11.7. The van der Waals surface area contributed by atoms with E-state index in [0.29, 0.717) is 17.4 Å². The van der Waals surface area contributed by atoms with Crippen molar-refractivity contribution in [2.75, 3.05) is 26.0 Å². The zero-order chi connectivity index (χ0) is 15.1. The van der Waals surface area contributed by atoms with Crippen LogP contribution in [0.4, 0.5) is 5.95 Å². The largest absolute Gasteiger partial charge is 0.369 e. The van der Waals surface area contributed by atoms with Gasteiger partial charge in [-0.1, -0.05) is 19.3 Å². The van der Waals surface area contributed by atoms with E-state index in [2.05, 4.69) is 20.3 Å². The van der Waals surface area contributed by atoms with E-state index in [9.17, 15) is 4.79 Å². The van der Waals surface area contributed by atoms with Crippen molar-refractivity contribution >= 4 is 18.2 Å². The van der Waals surface area contributed by atoms with Crippen LogP contribution in [0.5, 0.6) is 0 Å². The summed E-state index contributed by atoms with van der Waals surface area (Å²) >= 11 is 0. The number of hydrogen-bond acceptors (Lipinski definition) is 4. The van der Waals surface area contributed by atoms with Crippen LogP contribution < -0.4 is 5.32 Å². The molecule has 1 amide bonds. The van der Waals surface area contributed by atoms with Crippen LogP contribution in [0.15, 0.2) is 17.4 Å². The lowest BCUT2D eigenvalue weighted by Crippen LogP contribution is -2.18. The SMILES string of the molecule is CN(C)/C=N/C(=O)c1cnc(NCC2CCCCC2)nc1. The van der Waals surface area contributed by atoms with Crippen molar-refractivity contribution in [3.05, 3.63) is 18.0 Å². The molecule has 1 N–H and O–H groups in total. The van der Waals surface area contributed by atoms with Gasteiger partial charge in [-0.25, -0.2) is 9.97 Å². The molecule has 0 aliphatic heterocycles. The highest BCUT2D eigenvalue weighted by molar-refractivity contribution is 5.98. The van der Waals surface area contributed by atoms with E-state index in [-0.39, 0.29) is 5.91 Å². The third-order valence-electron chi connectivity index (χ3n) is 3.58. The molecule has 6 heteroatoms. The first-order chi connectivity index (χ1) is 10.1. The van der Waals surface area contributed by atoms with Gasteiger partial charge in [0.15, 0.2) is 0 Å². The maximum atomic E-state index is 11.7. The summed E-state index contributed by atoms with van der Waals surface area (Å²) in [7, 11) is 3.62. The third kappa shape index (κ3) is 5.13. The van der Waals surface area contributed by atoms with Gasteiger partial charge in [0, 0.05) is 33.0 Å². The van der Waals surface area contributed by atoms with Gasteiger partial charge in [-0.15, -0.1) is 0 Å². The summed E-state index contributed by atoms with van der Waals surface area (Å²) in [6, 6.07) is 0. The first-order valence-electron chi connectivity index (χ1n) is 7.46. The Morgan fingerprint density at radius 1 is 1.33 bits per heavy atom. The zero-order valence-corrected chi connectivity index (χ0v) is 12.7. The molecule has 1 aromatic heterocycles. The number of aromatic nitrogens is 2. The van der Waals surface area contributed by atoms with Crippen molar-refractivity contribution in [1.29, 1.82) is 0 Å². The summed E-state index contributed by atoms with van der Waals surface area (Å²) in [5.74, 6) is 0.963. The number of nitrogens with zero attached hydrogens (tertiary/aromatic N) is 4. The minimum Gasteiger partial charge on any atom is -0.369 e. The number of carbonyl (C=O) groups is 1. The Labute approximate surface area is 125 Å². The minimum absolute atomic E-state index is 0.331. The fourth-order valence-electron chi connectivity index (χ4n) is 2.40. The molecule has 0 atom stereocenters. The molecular weight excluding hydrogens is 266 g/mol. The standard InChI is InChI=1S/C15H23N5O/c1-20(2)11-19-14(21)13-9-17-15(18-10-13)16-8-12-6-4-3-5-7-12/h9-12H,3-8H2,1-2H3,(H,16,17,18)/b19-11+. The molecule has 1 aromatic rings. The van der Waals surface area contributed by atoms with E-state index in [1.54, 1.807) is 4.90 Å². The third-order valence-corrected chi connectivity index (χ3v) is 3.58. The highest BCUT2D eigenvalue weighted by atomic mass is 16.1. The van der Waals surface area contributed by atoms with Crippen LogP contribution in [-0.2, 0) is 0 Å². The van der Waals surface area contributed by atoms with Crippen LogP contribution >= 0.6 is 0 Å². The number of anilines is 1. The van der Waals surface area contributed by atoms with Crippen LogP contribution in [0, 0.1) is 5.92 Å². The second kappa shape index (κ2) is 7.71. The molecule has 1 aliphatic rings. The van der Waals surface area contributed by atoms with Crippen LogP contribution in [-0.4, -0.2) is 47.8 Å². The molecule has 21 heavy (non-hydrogen) atoms. The van der Waals surface area contributed by atoms with Crippen molar-refractivity contribution in [2.45, 2.75) is 32.1 Å². The van der Waals surface area contributed by atoms with Gasteiger partial charge >= 0.3 is 0 Å². The number of carbonyl (C=O) groups excluding carboxylic acids is 1. The molecule has 0 radical (unpaired) electrons. The van der Waals surface area contributed by atoms with E-state index < -0.39 is 0 Å². The van der Waals surface area contributed by atoms with Crippen LogP contribution in [0.1, 0.15) is 42.5 Å². The van der Waals surface area contributed by atoms with Crippen molar-refractivity contribution in [3.8, 4) is 0 Å². The van der Waals surface area contributed by atoms with Crippen molar-refractivity contribution in [1.82, 2.24) is 14.9 Å². The number of hydrogen-bond donors (Lipinski definition) is 1. The van der Waals surface area contributed by atoms with E-state index in [4.69, 9.17) is 0 Å². The zero-order valence-electron chi connectivity index (χ0n) is 12.7. The van der Waals surface area contributed by atoms with Gasteiger partial charge in [0.05, 0.1) is 11.9 Å². The Morgan fingerprint density at radius 3 is 2.62 bits per heavy atom. The fourth-order valence-corrected chi connectivity index (χ4v) is 2.40. The monoisotopic (exact) mass is 289 g/mol. The Balaban J connectivity index is 1.85. The van der Waals surface area contributed by atoms with Crippen LogP contribution in [0.3, 0.4) is 0 Å². The number of aliphatic imine (C=N–C) groups is 1. The van der Waals surface area contributed by atoms with Gasteiger partial charge in [-0.05, 0) is 18.8 Å². The second-order valence-electron chi connectivity index (χ2n) is 5.69. The van der Waals surface area contributed by atoms with Gasteiger partial charge < -0.3 is 10.2 Å². The Kier molecular flexibility index (Phi) is 5.66. The molecule has 0 unspecified atom stereocenters. The summed E-state index contributed by atoms with van der Waals surface area (Å²) in [5, 5.41) is 3.25. The molecule has 0 saturated heterocycles. The minimum atomic E-state index is -0.331. The highest BCUT2D eigenvalue weighted by Gasteiger charge is 2.13.